The minimum atomic E-state index is 0.00731. The molecule has 0 aliphatic carbocycles. The van der Waals surface area contributed by atoms with Crippen molar-refractivity contribution in [3.63, 3.8) is 0 Å². The van der Waals surface area contributed by atoms with Gasteiger partial charge in [-0.15, -0.1) is 0 Å². The fourth-order valence-corrected chi connectivity index (χ4v) is 3.06. The lowest BCUT2D eigenvalue weighted by Gasteiger charge is -2.32. The van der Waals surface area contributed by atoms with Gasteiger partial charge >= 0.3 is 0 Å². The van der Waals surface area contributed by atoms with Gasteiger partial charge in [-0.2, -0.15) is 5.10 Å². The van der Waals surface area contributed by atoms with Crippen molar-refractivity contribution in [1.29, 1.82) is 0 Å². The lowest BCUT2D eigenvalue weighted by Crippen LogP contribution is -2.39. The number of rotatable bonds is 6. The molecule has 3 rings (SSSR count). The Labute approximate surface area is 147 Å². The van der Waals surface area contributed by atoms with Gasteiger partial charge in [0.15, 0.2) is 0 Å². The van der Waals surface area contributed by atoms with E-state index in [4.69, 9.17) is 9.47 Å². The summed E-state index contributed by atoms with van der Waals surface area (Å²) in [4.78, 5) is 18.8. The van der Waals surface area contributed by atoms with E-state index < -0.39 is 0 Å². The molecule has 1 amide bonds. The van der Waals surface area contributed by atoms with E-state index in [1.54, 1.807) is 25.4 Å². The molecule has 1 atom stereocenters. The van der Waals surface area contributed by atoms with Crippen molar-refractivity contribution < 1.29 is 14.3 Å². The number of likely N-dealkylation sites (tertiary alicyclic amines) is 1. The molecule has 1 aliphatic heterocycles. The summed E-state index contributed by atoms with van der Waals surface area (Å²) in [5, 5.41) is 7.33. The third-order valence-electron chi connectivity index (χ3n) is 4.37. The van der Waals surface area contributed by atoms with E-state index >= 15 is 0 Å². The van der Waals surface area contributed by atoms with Gasteiger partial charge in [0.1, 0.15) is 6.61 Å². The Bertz CT molecular complexity index is 699. The Morgan fingerprint density at radius 1 is 1.40 bits per heavy atom. The van der Waals surface area contributed by atoms with E-state index in [0.717, 1.165) is 30.8 Å². The smallest absolute Gasteiger partial charge is 0.255 e. The predicted octanol–water partition coefficient (Wildman–Crippen LogP) is 2.16. The summed E-state index contributed by atoms with van der Waals surface area (Å²) < 4.78 is 10.4. The number of ether oxygens (including phenoxy) is 2. The van der Waals surface area contributed by atoms with Crippen LogP contribution in [-0.4, -0.2) is 59.4 Å². The molecule has 0 aromatic carbocycles. The first-order valence-electron chi connectivity index (χ1n) is 8.56. The zero-order valence-electron chi connectivity index (χ0n) is 14.7. The van der Waals surface area contributed by atoms with Gasteiger partial charge in [0.05, 0.1) is 17.9 Å². The molecular weight excluding hydrogens is 320 g/mol. The van der Waals surface area contributed by atoms with E-state index in [1.807, 2.05) is 11.8 Å². The first kappa shape index (κ1) is 17.4. The highest BCUT2D eigenvalue weighted by Gasteiger charge is 2.27. The second-order valence-corrected chi connectivity index (χ2v) is 6.29. The quantitative estimate of drug-likeness (QED) is 0.812. The fourth-order valence-electron chi connectivity index (χ4n) is 3.06. The predicted molar refractivity (Wildman–Crippen MR) is 92.8 cm³/mol. The van der Waals surface area contributed by atoms with Gasteiger partial charge in [0, 0.05) is 44.1 Å². The van der Waals surface area contributed by atoms with Gasteiger partial charge in [-0.1, -0.05) is 0 Å². The normalized spacial score (nSPS) is 17.5. The van der Waals surface area contributed by atoms with Crippen LogP contribution in [0.3, 0.4) is 0 Å². The standard InChI is InChI=1S/C18H24N4O3/c1-13-10-16(21-20-13)15-4-3-7-22(12-15)18(23)14-5-6-17(19-11-14)25-9-8-24-2/h5-6,10-11,15H,3-4,7-9,12H2,1-2H3,(H,20,21)/t15-/m1/s1. The van der Waals surface area contributed by atoms with Gasteiger partial charge in [0.2, 0.25) is 5.88 Å². The number of carbonyl (C=O) groups is 1. The first-order valence-corrected chi connectivity index (χ1v) is 8.56. The number of methoxy groups -OCH3 is 1. The third kappa shape index (κ3) is 4.36. The van der Waals surface area contributed by atoms with Crippen molar-refractivity contribution in [1.82, 2.24) is 20.1 Å². The molecular formula is C18H24N4O3. The number of piperidine rings is 1. The summed E-state index contributed by atoms with van der Waals surface area (Å²) in [6.07, 6.45) is 3.61. The van der Waals surface area contributed by atoms with Crippen LogP contribution < -0.4 is 4.74 Å². The Morgan fingerprint density at radius 2 is 2.28 bits per heavy atom. The molecule has 2 aromatic heterocycles. The van der Waals surface area contributed by atoms with Crippen molar-refractivity contribution >= 4 is 5.91 Å². The molecule has 0 bridgehead atoms. The van der Waals surface area contributed by atoms with Gasteiger partial charge in [-0.05, 0) is 31.9 Å². The van der Waals surface area contributed by atoms with Crippen LogP contribution in [0.15, 0.2) is 24.4 Å². The summed E-state index contributed by atoms with van der Waals surface area (Å²) in [6, 6.07) is 5.55. The van der Waals surface area contributed by atoms with Crippen molar-refractivity contribution in [2.24, 2.45) is 0 Å². The Kier molecular flexibility index (Phi) is 5.65. The summed E-state index contributed by atoms with van der Waals surface area (Å²) in [6.45, 7) is 4.39. The van der Waals surface area contributed by atoms with Crippen LogP contribution in [0.2, 0.25) is 0 Å². The first-order chi connectivity index (χ1) is 12.2. The highest BCUT2D eigenvalue weighted by Crippen LogP contribution is 2.27. The van der Waals surface area contributed by atoms with Gasteiger partial charge in [0.25, 0.3) is 5.91 Å². The third-order valence-corrected chi connectivity index (χ3v) is 4.37. The molecule has 1 saturated heterocycles. The van der Waals surface area contributed by atoms with Gasteiger partial charge in [-0.3, -0.25) is 9.89 Å². The van der Waals surface area contributed by atoms with Crippen molar-refractivity contribution in [2.75, 3.05) is 33.4 Å². The molecule has 0 unspecified atom stereocenters. The van der Waals surface area contributed by atoms with Crippen LogP contribution in [0.5, 0.6) is 5.88 Å². The molecule has 7 heteroatoms. The molecule has 0 radical (unpaired) electrons. The monoisotopic (exact) mass is 344 g/mol. The molecule has 0 saturated carbocycles. The molecule has 1 aliphatic rings. The maximum atomic E-state index is 12.8. The number of nitrogens with one attached hydrogen (secondary N) is 1. The van der Waals surface area contributed by atoms with E-state index in [2.05, 4.69) is 21.2 Å². The summed E-state index contributed by atoms with van der Waals surface area (Å²) in [5.41, 5.74) is 2.67. The molecule has 1 N–H and O–H groups in total. The van der Waals surface area contributed by atoms with Gasteiger partial charge < -0.3 is 14.4 Å². The summed E-state index contributed by atoms with van der Waals surface area (Å²) in [5.74, 6) is 0.789. The van der Waals surface area contributed by atoms with Crippen molar-refractivity contribution in [3.8, 4) is 5.88 Å². The number of H-pyrrole nitrogens is 1. The number of nitrogens with zero attached hydrogens (tertiary/aromatic N) is 3. The zero-order valence-corrected chi connectivity index (χ0v) is 14.7. The lowest BCUT2D eigenvalue weighted by molar-refractivity contribution is 0.0705. The molecule has 2 aromatic rings. The van der Waals surface area contributed by atoms with Crippen LogP contribution in [0.1, 0.15) is 40.5 Å². The van der Waals surface area contributed by atoms with Crippen LogP contribution >= 0.6 is 0 Å². The van der Waals surface area contributed by atoms with Crippen molar-refractivity contribution in [3.05, 3.63) is 41.3 Å². The number of aryl methyl sites for hydroxylation is 1. The fraction of sp³-hybridized carbons (Fsp3) is 0.500. The van der Waals surface area contributed by atoms with Crippen LogP contribution in [0.25, 0.3) is 0 Å². The zero-order chi connectivity index (χ0) is 17.6. The minimum Gasteiger partial charge on any atom is -0.475 e. The van der Waals surface area contributed by atoms with Crippen LogP contribution in [0.4, 0.5) is 0 Å². The second-order valence-electron chi connectivity index (χ2n) is 6.29. The van der Waals surface area contributed by atoms with Gasteiger partial charge in [-0.25, -0.2) is 4.98 Å². The number of hydrogen-bond acceptors (Lipinski definition) is 5. The van der Waals surface area contributed by atoms with Crippen LogP contribution in [-0.2, 0) is 4.74 Å². The van der Waals surface area contributed by atoms with E-state index in [-0.39, 0.29) is 11.8 Å². The number of aromatic nitrogens is 3. The SMILES string of the molecule is COCCOc1ccc(C(=O)N2CCC[C@@H](c3cc(C)[nH]n3)C2)cn1. The topological polar surface area (TPSA) is 80.3 Å². The van der Waals surface area contributed by atoms with E-state index in [1.165, 1.54) is 0 Å². The maximum Gasteiger partial charge on any atom is 0.255 e. The van der Waals surface area contributed by atoms with Crippen molar-refractivity contribution in [2.45, 2.75) is 25.7 Å². The highest BCUT2D eigenvalue weighted by molar-refractivity contribution is 5.94. The largest absolute Gasteiger partial charge is 0.475 e. The second kappa shape index (κ2) is 8.11. The molecule has 0 spiro atoms. The molecule has 3 heterocycles. The summed E-state index contributed by atoms with van der Waals surface area (Å²) >= 11 is 0. The highest BCUT2D eigenvalue weighted by atomic mass is 16.5. The lowest BCUT2D eigenvalue weighted by atomic mass is 9.94. The average molecular weight is 344 g/mol. The minimum absolute atomic E-state index is 0.00731. The number of carbonyl (C=O) groups excluding carboxylic acids is 1. The number of amides is 1. The Morgan fingerprint density at radius 3 is 2.96 bits per heavy atom. The average Bonchev–Trinajstić information content (AvgIpc) is 3.08. The molecule has 1 fully saturated rings. The summed E-state index contributed by atoms with van der Waals surface area (Å²) in [7, 11) is 1.62. The van der Waals surface area contributed by atoms with Crippen LogP contribution in [0, 0.1) is 6.92 Å². The number of hydrogen-bond donors (Lipinski definition) is 1. The molecule has 25 heavy (non-hydrogen) atoms. The molecule has 7 nitrogen and oxygen atoms in total. The van der Waals surface area contributed by atoms with E-state index in [0.29, 0.717) is 31.2 Å². The van der Waals surface area contributed by atoms with E-state index in [9.17, 15) is 4.79 Å². The molecule has 134 valence electrons. The Balaban J connectivity index is 1.61. The Hall–Kier alpha value is -2.41. The number of aromatic amines is 1. The maximum absolute atomic E-state index is 12.8. The number of pyridine rings is 1.